The molecule has 4 heteroatoms. The molecule has 4 rings (SSSR count). The summed E-state index contributed by atoms with van der Waals surface area (Å²) in [5, 5.41) is 5.69. The summed E-state index contributed by atoms with van der Waals surface area (Å²) in [6, 6.07) is 23.8. The van der Waals surface area contributed by atoms with Gasteiger partial charge in [0.05, 0.1) is 6.61 Å². The van der Waals surface area contributed by atoms with Crippen LogP contribution in [-0.2, 0) is 13.0 Å². The molecule has 0 spiro atoms. The zero-order valence-electron chi connectivity index (χ0n) is 14.4. The quantitative estimate of drug-likeness (QED) is 0.726. The van der Waals surface area contributed by atoms with Crippen LogP contribution in [0.4, 0.5) is 10.5 Å². The monoisotopic (exact) mass is 344 g/mol. The zero-order chi connectivity index (χ0) is 17.8. The van der Waals surface area contributed by atoms with Crippen molar-refractivity contribution < 1.29 is 9.53 Å². The molecule has 0 radical (unpaired) electrons. The lowest BCUT2D eigenvalue weighted by Gasteiger charge is -2.09. The number of fused-ring (bicyclic) bond motifs is 1. The van der Waals surface area contributed by atoms with Crippen LogP contribution in [-0.4, -0.2) is 12.6 Å². The Balaban J connectivity index is 1.36. The maximum atomic E-state index is 11.9. The van der Waals surface area contributed by atoms with Crippen molar-refractivity contribution in [2.75, 3.05) is 11.9 Å². The van der Waals surface area contributed by atoms with Crippen LogP contribution in [0, 0.1) is 0 Å². The number of amides is 2. The van der Waals surface area contributed by atoms with Gasteiger partial charge >= 0.3 is 6.03 Å². The number of carbonyl (C=O) groups is 1. The van der Waals surface area contributed by atoms with Crippen molar-refractivity contribution in [1.29, 1.82) is 0 Å². The van der Waals surface area contributed by atoms with Crippen LogP contribution in [0.2, 0.25) is 0 Å². The second-order valence-corrected chi connectivity index (χ2v) is 6.29. The van der Waals surface area contributed by atoms with Crippen molar-refractivity contribution in [3.8, 4) is 16.9 Å². The molecular formula is C22H20N2O2. The van der Waals surface area contributed by atoms with Gasteiger partial charge in [-0.3, -0.25) is 0 Å². The van der Waals surface area contributed by atoms with E-state index < -0.39 is 0 Å². The average molecular weight is 344 g/mol. The Hall–Kier alpha value is -3.27. The zero-order valence-corrected chi connectivity index (χ0v) is 14.4. The average Bonchev–Trinajstić information content (AvgIpc) is 3.15. The van der Waals surface area contributed by atoms with Crippen molar-refractivity contribution in [2.24, 2.45) is 0 Å². The molecule has 3 aromatic rings. The van der Waals surface area contributed by atoms with Crippen molar-refractivity contribution in [3.05, 3.63) is 83.9 Å². The summed E-state index contributed by atoms with van der Waals surface area (Å²) in [5.74, 6) is 0.999. The number of anilines is 1. The molecule has 0 unspecified atom stereocenters. The van der Waals surface area contributed by atoms with Crippen LogP contribution in [0.25, 0.3) is 11.1 Å². The van der Waals surface area contributed by atoms with Gasteiger partial charge < -0.3 is 15.4 Å². The van der Waals surface area contributed by atoms with Gasteiger partial charge in [0.15, 0.2) is 0 Å². The van der Waals surface area contributed by atoms with Gasteiger partial charge in [-0.15, -0.1) is 0 Å². The predicted octanol–water partition coefficient (Wildman–Crippen LogP) is 4.61. The first-order chi connectivity index (χ1) is 12.8. The second-order valence-electron chi connectivity index (χ2n) is 6.29. The number of hydrogen-bond acceptors (Lipinski definition) is 2. The Morgan fingerprint density at radius 3 is 2.50 bits per heavy atom. The molecule has 2 N–H and O–H groups in total. The van der Waals surface area contributed by atoms with Crippen molar-refractivity contribution in [3.63, 3.8) is 0 Å². The van der Waals surface area contributed by atoms with E-state index in [1.807, 2.05) is 48.5 Å². The van der Waals surface area contributed by atoms with Gasteiger partial charge in [-0.05, 0) is 46.5 Å². The number of rotatable bonds is 4. The minimum absolute atomic E-state index is 0.209. The number of ether oxygens (including phenoxy) is 1. The smallest absolute Gasteiger partial charge is 0.319 e. The molecule has 26 heavy (non-hydrogen) atoms. The summed E-state index contributed by atoms with van der Waals surface area (Å²) in [4.78, 5) is 11.9. The van der Waals surface area contributed by atoms with E-state index in [1.165, 1.54) is 11.1 Å². The van der Waals surface area contributed by atoms with Gasteiger partial charge in [-0.1, -0.05) is 48.5 Å². The molecule has 1 aliphatic rings. The lowest BCUT2D eigenvalue weighted by Crippen LogP contribution is -2.28. The molecule has 2 amide bonds. The van der Waals surface area contributed by atoms with Gasteiger partial charge in [-0.2, -0.15) is 0 Å². The summed E-state index contributed by atoms with van der Waals surface area (Å²) < 4.78 is 5.56. The van der Waals surface area contributed by atoms with Crippen LogP contribution in [0.15, 0.2) is 72.8 Å². The molecule has 0 atom stereocenters. The highest BCUT2D eigenvalue weighted by molar-refractivity contribution is 5.89. The van der Waals surface area contributed by atoms with Crippen molar-refractivity contribution in [1.82, 2.24) is 5.32 Å². The molecule has 0 saturated carbocycles. The molecule has 0 saturated heterocycles. The first kappa shape index (κ1) is 16.2. The summed E-state index contributed by atoms with van der Waals surface area (Å²) in [6.45, 7) is 1.26. The molecule has 1 heterocycles. The van der Waals surface area contributed by atoms with Crippen LogP contribution < -0.4 is 15.4 Å². The normalized spacial score (nSPS) is 12.2. The molecule has 1 aliphatic heterocycles. The van der Waals surface area contributed by atoms with E-state index >= 15 is 0 Å². The van der Waals surface area contributed by atoms with E-state index in [0.717, 1.165) is 35.6 Å². The Morgan fingerprint density at radius 1 is 0.923 bits per heavy atom. The van der Waals surface area contributed by atoms with E-state index in [0.29, 0.717) is 6.54 Å². The number of hydrogen-bond donors (Lipinski definition) is 2. The highest BCUT2D eigenvalue weighted by atomic mass is 16.5. The van der Waals surface area contributed by atoms with Gasteiger partial charge in [0.2, 0.25) is 0 Å². The minimum Gasteiger partial charge on any atom is -0.493 e. The van der Waals surface area contributed by atoms with Gasteiger partial charge in [0, 0.05) is 18.7 Å². The van der Waals surface area contributed by atoms with E-state index in [2.05, 4.69) is 34.9 Å². The van der Waals surface area contributed by atoms with E-state index in [4.69, 9.17) is 4.74 Å². The fourth-order valence-electron chi connectivity index (χ4n) is 3.06. The summed E-state index contributed by atoms with van der Waals surface area (Å²) >= 11 is 0. The molecule has 0 bridgehead atoms. The molecule has 0 aromatic heterocycles. The molecule has 130 valence electrons. The fourth-order valence-corrected chi connectivity index (χ4v) is 3.06. The first-order valence-corrected chi connectivity index (χ1v) is 8.73. The SMILES string of the molecule is O=C(NCc1ccc(-c2ccc3c(c2)CCO3)cc1)Nc1ccccc1. The Bertz CT molecular complexity index is 905. The lowest BCUT2D eigenvalue weighted by molar-refractivity contribution is 0.251. The maximum Gasteiger partial charge on any atom is 0.319 e. The van der Waals surface area contributed by atoms with Crippen LogP contribution >= 0.6 is 0 Å². The Labute approximate surface area is 152 Å². The predicted molar refractivity (Wildman–Crippen MR) is 103 cm³/mol. The summed E-state index contributed by atoms with van der Waals surface area (Å²) in [5.41, 5.74) is 5.46. The highest BCUT2D eigenvalue weighted by Crippen LogP contribution is 2.30. The third kappa shape index (κ3) is 3.70. The van der Waals surface area contributed by atoms with E-state index in [1.54, 1.807) is 0 Å². The standard InChI is InChI=1S/C22H20N2O2/c25-22(24-20-4-2-1-3-5-20)23-15-16-6-8-17(9-7-16)18-10-11-21-19(14-18)12-13-26-21/h1-11,14H,12-13,15H2,(H2,23,24,25). The van der Waals surface area contributed by atoms with E-state index in [-0.39, 0.29) is 6.03 Å². The minimum atomic E-state index is -0.209. The van der Waals surface area contributed by atoms with Crippen LogP contribution in [0.3, 0.4) is 0 Å². The number of para-hydroxylation sites is 1. The molecule has 3 aromatic carbocycles. The largest absolute Gasteiger partial charge is 0.493 e. The third-order valence-electron chi connectivity index (χ3n) is 4.46. The number of benzene rings is 3. The topological polar surface area (TPSA) is 50.4 Å². The maximum absolute atomic E-state index is 11.9. The molecule has 4 nitrogen and oxygen atoms in total. The first-order valence-electron chi connectivity index (χ1n) is 8.73. The molecular weight excluding hydrogens is 324 g/mol. The van der Waals surface area contributed by atoms with Crippen LogP contribution in [0.5, 0.6) is 5.75 Å². The van der Waals surface area contributed by atoms with Gasteiger partial charge in [0.25, 0.3) is 0 Å². The van der Waals surface area contributed by atoms with Gasteiger partial charge in [0.1, 0.15) is 5.75 Å². The summed E-state index contributed by atoms with van der Waals surface area (Å²) in [7, 11) is 0. The Morgan fingerprint density at radius 2 is 1.69 bits per heavy atom. The van der Waals surface area contributed by atoms with Crippen LogP contribution in [0.1, 0.15) is 11.1 Å². The molecule has 0 fully saturated rings. The Kier molecular flexibility index (Phi) is 4.56. The van der Waals surface area contributed by atoms with Gasteiger partial charge in [-0.25, -0.2) is 4.79 Å². The third-order valence-corrected chi connectivity index (χ3v) is 4.46. The lowest BCUT2D eigenvalue weighted by atomic mass is 10.0. The number of nitrogens with one attached hydrogen (secondary N) is 2. The molecule has 0 aliphatic carbocycles. The number of carbonyl (C=O) groups excluding carboxylic acids is 1. The highest BCUT2D eigenvalue weighted by Gasteiger charge is 2.12. The van der Waals surface area contributed by atoms with E-state index in [9.17, 15) is 4.79 Å². The van der Waals surface area contributed by atoms with Crippen molar-refractivity contribution in [2.45, 2.75) is 13.0 Å². The number of urea groups is 1. The fraction of sp³-hybridized carbons (Fsp3) is 0.136. The summed E-state index contributed by atoms with van der Waals surface area (Å²) in [6.07, 6.45) is 0.974. The second kappa shape index (κ2) is 7.31. The van der Waals surface area contributed by atoms with Crippen molar-refractivity contribution >= 4 is 11.7 Å².